The molecule has 138 valence electrons. The van der Waals surface area contributed by atoms with Crippen LogP contribution in [0.4, 0.5) is 4.39 Å². The van der Waals surface area contributed by atoms with Gasteiger partial charge < -0.3 is 4.74 Å². The molecule has 0 aliphatic carbocycles. The molecule has 1 atom stereocenters. The molecular formula is C22H26FNO2. The molecule has 1 unspecified atom stereocenters. The number of halogens is 1. The topological polar surface area (TPSA) is 29.5 Å². The van der Waals surface area contributed by atoms with Crippen LogP contribution in [0.25, 0.3) is 0 Å². The second-order valence-electron chi connectivity index (χ2n) is 7.10. The summed E-state index contributed by atoms with van der Waals surface area (Å²) >= 11 is 0. The number of methoxy groups -OCH3 is 1. The first-order valence-electron chi connectivity index (χ1n) is 9.16. The minimum atomic E-state index is -1.40. The monoisotopic (exact) mass is 355 g/mol. The van der Waals surface area contributed by atoms with Crippen LogP contribution in [0.5, 0.6) is 5.75 Å². The molecule has 1 aliphatic heterocycles. The molecule has 1 saturated heterocycles. The lowest BCUT2D eigenvalue weighted by Gasteiger charge is -2.39. The first-order valence-corrected chi connectivity index (χ1v) is 9.16. The van der Waals surface area contributed by atoms with Gasteiger partial charge in [0.2, 0.25) is 0 Å². The highest BCUT2D eigenvalue weighted by Crippen LogP contribution is 2.35. The second-order valence-corrected chi connectivity index (χ2v) is 7.10. The van der Waals surface area contributed by atoms with Crippen molar-refractivity contribution in [3.63, 3.8) is 0 Å². The van der Waals surface area contributed by atoms with E-state index in [1.54, 1.807) is 19.2 Å². The fourth-order valence-electron chi connectivity index (χ4n) is 3.60. The van der Waals surface area contributed by atoms with Crippen LogP contribution in [0, 0.1) is 0 Å². The maximum atomic E-state index is 15.2. The summed E-state index contributed by atoms with van der Waals surface area (Å²) in [5.41, 5.74) is 0.388. The van der Waals surface area contributed by atoms with Gasteiger partial charge in [-0.1, -0.05) is 42.5 Å². The molecule has 2 aromatic carbocycles. The van der Waals surface area contributed by atoms with E-state index in [2.05, 4.69) is 24.0 Å². The summed E-state index contributed by atoms with van der Waals surface area (Å²) in [7, 11) is 1.65. The molecule has 2 aromatic rings. The molecule has 3 nitrogen and oxygen atoms in total. The number of piperidine rings is 1. The van der Waals surface area contributed by atoms with Gasteiger partial charge in [0.05, 0.1) is 7.11 Å². The van der Waals surface area contributed by atoms with Gasteiger partial charge in [-0.05, 0) is 37.5 Å². The highest BCUT2D eigenvalue weighted by molar-refractivity contribution is 5.96. The number of hydrogen-bond acceptors (Lipinski definition) is 3. The van der Waals surface area contributed by atoms with Crippen molar-refractivity contribution in [2.45, 2.75) is 37.9 Å². The SMILES string of the molecule is COc1ccc(C(C)N2CCC(F)(CC(=O)c3ccccc3)CC2)cc1. The summed E-state index contributed by atoms with van der Waals surface area (Å²) in [5.74, 6) is 0.728. The zero-order valence-electron chi connectivity index (χ0n) is 15.5. The van der Waals surface area contributed by atoms with E-state index in [4.69, 9.17) is 4.74 Å². The van der Waals surface area contributed by atoms with Crippen LogP contribution < -0.4 is 4.74 Å². The Hall–Kier alpha value is -2.20. The molecule has 3 rings (SSSR count). The average molecular weight is 355 g/mol. The van der Waals surface area contributed by atoms with E-state index < -0.39 is 5.67 Å². The Morgan fingerprint density at radius 2 is 1.73 bits per heavy atom. The molecule has 0 N–H and O–H groups in total. The molecule has 0 bridgehead atoms. The number of Topliss-reactive ketones (excluding diaryl/α,β-unsaturated/α-hetero) is 1. The number of benzene rings is 2. The van der Waals surface area contributed by atoms with Gasteiger partial charge in [0.15, 0.2) is 5.78 Å². The van der Waals surface area contributed by atoms with Crippen molar-refractivity contribution in [1.29, 1.82) is 0 Å². The fraction of sp³-hybridized carbons (Fsp3) is 0.409. The third-order valence-electron chi connectivity index (χ3n) is 5.41. The van der Waals surface area contributed by atoms with Gasteiger partial charge >= 0.3 is 0 Å². The number of alkyl halides is 1. The first kappa shape index (κ1) is 18.6. The summed E-state index contributed by atoms with van der Waals surface area (Å²) in [5, 5.41) is 0. The molecular weight excluding hydrogens is 329 g/mol. The van der Waals surface area contributed by atoms with Gasteiger partial charge in [-0.2, -0.15) is 0 Å². The van der Waals surface area contributed by atoms with Gasteiger partial charge in [-0.15, -0.1) is 0 Å². The number of rotatable bonds is 6. The van der Waals surface area contributed by atoms with Crippen LogP contribution in [-0.2, 0) is 0 Å². The number of likely N-dealkylation sites (tertiary alicyclic amines) is 1. The number of ketones is 1. The zero-order chi connectivity index (χ0) is 18.6. The van der Waals surface area contributed by atoms with E-state index in [0.29, 0.717) is 31.5 Å². The number of ether oxygens (including phenoxy) is 1. The first-order chi connectivity index (χ1) is 12.5. The van der Waals surface area contributed by atoms with Gasteiger partial charge in [-0.3, -0.25) is 9.69 Å². The molecule has 0 amide bonds. The van der Waals surface area contributed by atoms with Crippen molar-refractivity contribution in [3.05, 3.63) is 65.7 Å². The van der Waals surface area contributed by atoms with E-state index in [9.17, 15) is 4.79 Å². The zero-order valence-corrected chi connectivity index (χ0v) is 15.5. The van der Waals surface area contributed by atoms with Crippen LogP contribution in [-0.4, -0.2) is 36.6 Å². The predicted octanol–water partition coefficient (Wildman–Crippen LogP) is 4.83. The summed E-state index contributed by atoms with van der Waals surface area (Å²) < 4.78 is 20.4. The van der Waals surface area contributed by atoms with Crippen LogP contribution in [0.3, 0.4) is 0 Å². The van der Waals surface area contributed by atoms with Crippen LogP contribution in [0.15, 0.2) is 54.6 Å². The second kappa shape index (κ2) is 8.00. The van der Waals surface area contributed by atoms with Gasteiger partial charge in [0.1, 0.15) is 11.4 Å². The average Bonchev–Trinajstić information content (AvgIpc) is 2.68. The Morgan fingerprint density at radius 1 is 1.12 bits per heavy atom. The van der Waals surface area contributed by atoms with E-state index in [1.807, 2.05) is 30.3 Å². The maximum absolute atomic E-state index is 15.2. The minimum absolute atomic E-state index is 0.0260. The van der Waals surface area contributed by atoms with Gasteiger partial charge in [0, 0.05) is 31.1 Å². The molecule has 0 aromatic heterocycles. The standard InChI is InChI=1S/C22H26FNO2/c1-17(18-8-10-20(26-2)11-9-18)24-14-12-22(23,13-15-24)16-21(25)19-6-4-3-5-7-19/h3-11,17H,12-16H2,1-2H3. The Balaban J connectivity index is 1.58. The molecule has 0 radical (unpaired) electrons. The smallest absolute Gasteiger partial charge is 0.166 e. The van der Waals surface area contributed by atoms with Crippen molar-refractivity contribution in [2.75, 3.05) is 20.2 Å². The fourth-order valence-corrected chi connectivity index (χ4v) is 3.60. The Bertz CT molecular complexity index is 722. The Morgan fingerprint density at radius 3 is 2.31 bits per heavy atom. The highest BCUT2D eigenvalue weighted by atomic mass is 19.1. The molecule has 4 heteroatoms. The van der Waals surface area contributed by atoms with E-state index in [1.165, 1.54) is 5.56 Å². The third kappa shape index (κ3) is 4.31. The largest absolute Gasteiger partial charge is 0.497 e. The Labute approximate surface area is 154 Å². The van der Waals surface area contributed by atoms with Crippen molar-refractivity contribution < 1.29 is 13.9 Å². The molecule has 1 aliphatic rings. The normalized spacial score (nSPS) is 18.3. The van der Waals surface area contributed by atoms with E-state index in [-0.39, 0.29) is 18.2 Å². The van der Waals surface area contributed by atoms with Crippen LogP contribution in [0.2, 0.25) is 0 Å². The van der Waals surface area contributed by atoms with Crippen molar-refractivity contribution in [1.82, 2.24) is 4.90 Å². The number of carbonyl (C=O) groups is 1. The number of nitrogens with zero attached hydrogens (tertiary/aromatic N) is 1. The summed E-state index contributed by atoms with van der Waals surface area (Å²) in [6.45, 7) is 3.46. The van der Waals surface area contributed by atoms with Gasteiger partial charge in [0.25, 0.3) is 0 Å². The maximum Gasteiger partial charge on any atom is 0.166 e. The summed E-state index contributed by atoms with van der Waals surface area (Å²) in [4.78, 5) is 14.6. The molecule has 1 heterocycles. The lowest BCUT2D eigenvalue weighted by atomic mass is 9.86. The summed E-state index contributed by atoms with van der Waals surface area (Å²) in [6.07, 6.45) is 0.764. The predicted molar refractivity (Wildman–Crippen MR) is 101 cm³/mol. The van der Waals surface area contributed by atoms with Crippen LogP contribution in [0.1, 0.15) is 48.1 Å². The van der Waals surface area contributed by atoms with Crippen LogP contribution >= 0.6 is 0 Å². The van der Waals surface area contributed by atoms with E-state index in [0.717, 1.165) is 5.75 Å². The minimum Gasteiger partial charge on any atom is -0.497 e. The van der Waals surface area contributed by atoms with Crippen molar-refractivity contribution >= 4 is 5.78 Å². The molecule has 0 saturated carbocycles. The molecule has 0 spiro atoms. The van der Waals surface area contributed by atoms with Crippen molar-refractivity contribution in [3.8, 4) is 5.75 Å². The number of carbonyl (C=O) groups excluding carboxylic acids is 1. The summed E-state index contributed by atoms with van der Waals surface area (Å²) in [6, 6.07) is 17.2. The van der Waals surface area contributed by atoms with E-state index >= 15 is 4.39 Å². The van der Waals surface area contributed by atoms with Gasteiger partial charge in [-0.25, -0.2) is 4.39 Å². The lowest BCUT2D eigenvalue weighted by Crippen LogP contribution is -2.43. The molecule has 26 heavy (non-hydrogen) atoms. The van der Waals surface area contributed by atoms with Crippen molar-refractivity contribution in [2.24, 2.45) is 0 Å². The Kier molecular flexibility index (Phi) is 5.72. The quantitative estimate of drug-likeness (QED) is 0.695. The lowest BCUT2D eigenvalue weighted by molar-refractivity contribution is 0.0339. The molecule has 1 fully saturated rings. The third-order valence-corrected chi connectivity index (χ3v) is 5.41. The number of hydrogen-bond donors (Lipinski definition) is 0. The highest BCUT2D eigenvalue weighted by Gasteiger charge is 2.37.